The SMILES string of the molecule is CC1c2ccsc2CCN1C(=O)CC(N)=NO. The van der Waals surface area contributed by atoms with Crippen LogP contribution < -0.4 is 5.73 Å². The molecule has 17 heavy (non-hydrogen) atoms. The largest absolute Gasteiger partial charge is 0.409 e. The molecule has 0 aliphatic carbocycles. The number of nitrogens with two attached hydrogens (primary N) is 1. The highest BCUT2D eigenvalue weighted by atomic mass is 32.1. The van der Waals surface area contributed by atoms with E-state index in [0.29, 0.717) is 6.54 Å². The van der Waals surface area contributed by atoms with Crippen LogP contribution in [0.25, 0.3) is 0 Å². The topological polar surface area (TPSA) is 78.9 Å². The fraction of sp³-hybridized carbons (Fsp3) is 0.455. The summed E-state index contributed by atoms with van der Waals surface area (Å²) in [7, 11) is 0. The number of amides is 1. The van der Waals surface area contributed by atoms with Gasteiger partial charge in [0.15, 0.2) is 0 Å². The van der Waals surface area contributed by atoms with E-state index in [1.807, 2.05) is 6.92 Å². The van der Waals surface area contributed by atoms with Crippen molar-refractivity contribution < 1.29 is 10.0 Å². The molecule has 1 unspecified atom stereocenters. The molecule has 5 nitrogen and oxygen atoms in total. The van der Waals surface area contributed by atoms with Crippen molar-refractivity contribution in [1.82, 2.24) is 4.90 Å². The first-order valence-corrected chi connectivity index (χ1v) is 6.33. The molecule has 92 valence electrons. The second-order valence-electron chi connectivity index (χ2n) is 4.08. The molecule has 0 radical (unpaired) electrons. The minimum Gasteiger partial charge on any atom is -0.409 e. The first-order chi connectivity index (χ1) is 8.13. The number of fused-ring (bicyclic) bond motifs is 1. The van der Waals surface area contributed by atoms with Gasteiger partial charge in [-0.2, -0.15) is 0 Å². The van der Waals surface area contributed by atoms with Crippen molar-refractivity contribution in [3.05, 3.63) is 21.9 Å². The third-order valence-corrected chi connectivity index (χ3v) is 4.05. The number of hydrogen-bond acceptors (Lipinski definition) is 4. The van der Waals surface area contributed by atoms with Gasteiger partial charge in [-0.25, -0.2) is 0 Å². The summed E-state index contributed by atoms with van der Waals surface area (Å²) in [5.41, 5.74) is 6.57. The van der Waals surface area contributed by atoms with Gasteiger partial charge in [0.2, 0.25) is 5.91 Å². The number of oxime groups is 1. The number of carbonyl (C=O) groups is 1. The second-order valence-corrected chi connectivity index (χ2v) is 5.08. The zero-order valence-electron chi connectivity index (χ0n) is 9.59. The average molecular weight is 253 g/mol. The second kappa shape index (κ2) is 4.75. The number of carbonyl (C=O) groups excluding carboxylic acids is 1. The average Bonchev–Trinajstić information content (AvgIpc) is 2.78. The molecule has 0 bridgehead atoms. The van der Waals surface area contributed by atoms with E-state index >= 15 is 0 Å². The van der Waals surface area contributed by atoms with Crippen LogP contribution >= 0.6 is 11.3 Å². The molecule has 1 amide bonds. The van der Waals surface area contributed by atoms with E-state index in [0.717, 1.165) is 6.42 Å². The van der Waals surface area contributed by atoms with E-state index in [-0.39, 0.29) is 24.2 Å². The Labute approximate surface area is 104 Å². The molecular formula is C11H15N3O2S. The van der Waals surface area contributed by atoms with E-state index in [9.17, 15) is 4.79 Å². The van der Waals surface area contributed by atoms with E-state index < -0.39 is 0 Å². The summed E-state index contributed by atoms with van der Waals surface area (Å²) in [6, 6.07) is 2.14. The van der Waals surface area contributed by atoms with E-state index in [2.05, 4.69) is 16.6 Å². The van der Waals surface area contributed by atoms with Gasteiger partial charge in [0.05, 0.1) is 12.5 Å². The van der Waals surface area contributed by atoms with Crippen LogP contribution in [0.2, 0.25) is 0 Å². The lowest BCUT2D eigenvalue weighted by Gasteiger charge is -2.33. The molecule has 2 rings (SSSR count). The van der Waals surface area contributed by atoms with Crippen molar-refractivity contribution >= 4 is 23.1 Å². The maximum absolute atomic E-state index is 12.0. The van der Waals surface area contributed by atoms with Crippen LogP contribution in [0.5, 0.6) is 0 Å². The number of nitrogens with zero attached hydrogens (tertiary/aromatic N) is 2. The van der Waals surface area contributed by atoms with Crippen LogP contribution in [0.1, 0.15) is 29.8 Å². The lowest BCUT2D eigenvalue weighted by atomic mass is 10.0. The zero-order valence-corrected chi connectivity index (χ0v) is 10.4. The summed E-state index contributed by atoms with van der Waals surface area (Å²) in [4.78, 5) is 15.1. The van der Waals surface area contributed by atoms with E-state index in [4.69, 9.17) is 10.9 Å². The van der Waals surface area contributed by atoms with Gasteiger partial charge in [0.25, 0.3) is 0 Å². The summed E-state index contributed by atoms with van der Waals surface area (Å²) >= 11 is 1.73. The van der Waals surface area contributed by atoms with Gasteiger partial charge in [-0.15, -0.1) is 11.3 Å². The zero-order chi connectivity index (χ0) is 12.4. The monoisotopic (exact) mass is 253 g/mol. The number of rotatable bonds is 2. The Kier molecular flexibility index (Phi) is 3.33. The quantitative estimate of drug-likeness (QED) is 0.361. The maximum atomic E-state index is 12.0. The van der Waals surface area contributed by atoms with Crippen molar-refractivity contribution in [2.75, 3.05) is 6.54 Å². The lowest BCUT2D eigenvalue weighted by Crippen LogP contribution is -2.40. The third kappa shape index (κ3) is 2.26. The number of thiophene rings is 1. The van der Waals surface area contributed by atoms with Crippen molar-refractivity contribution in [3.8, 4) is 0 Å². The Bertz CT molecular complexity index is 455. The smallest absolute Gasteiger partial charge is 0.230 e. The molecule has 1 aromatic heterocycles. The van der Waals surface area contributed by atoms with Gasteiger partial charge in [-0.3, -0.25) is 4.79 Å². The highest BCUT2D eigenvalue weighted by molar-refractivity contribution is 7.10. The fourth-order valence-corrected chi connectivity index (χ4v) is 3.10. The van der Waals surface area contributed by atoms with E-state index in [1.54, 1.807) is 16.2 Å². The van der Waals surface area contributed by atoms with Crippen LogP contribution in [-0.4, -0.2) is 28.4 Å². The Morgan fingerprint density at radius 1 is 1.76 bits per heavy atom. The highest BCUT2D eigenvalue weighted by Crippen LogP contribution is 2.32. The van der Waals surface area contributed by atoms with Gasteiger partial charge >= 0.3 is 0 Å². The molecule has 0 saturated heterocycles. The first kappa shape index (κ1) is 11.9. The Morgan fingerprint density at radius 3 is 3.24 bits per heavy atom. The summed E-state index contributed by atoms with van der Waals surface area (Å²) in [6.45, 7) is 2.71. The van der Waals surface area contributed by atoms with Crippen molar-refractivity contribution in [1.29, 1.82) is 0 Å². The number of hydrogen-bond donors (Lipinski definition) is 2. The predicted octanol–water partition coefficient (Wildman–Crippen LogP) is 1.33. The molecule has 2 heterocycles. The number of amidine groups is 1. The molecule has 6 heteroatoms. The minimum atomic E-state index is -0.0929. The molecular weight excluding hydrogens is 238 g/mol. The molecule has 1 aliphatic rings. The van der Waals surface area contributed by atoms with E-state index in [1.165, 1.54) is 10.4 Å². The van der Waals surface area contributed by atoms with Gasteiger partial charge in [0.1, 0.15) is 5.84 Å². The standard InChI is InChI=1S/C11H15N3O2S/c1-7-8-3-5-17-9(8)2-4-14(7)11(15)6-10(12)13-16/h3,5,7,16H,2,4,6H2,1H3,(H2,12,13). The van der Waals surface area contributed by atoms with Gasteiger partial charge < -0.3 is 15.8 Å². The third-order valence-electron chi connectivity index (χ3n) is 3.06. The molecule has 3 N–H and O–H groups in total. The first-order valence-electron chi connectivity index (χ1n) is 5.45. The Morgan fingerprint density at radius 2 is 2.53 bits per heavy atom. The molecule has 0 aromatic carbocycles. The summed E-state index contributed by atoms with van der Waals surface area (Å²) in [5.74, 6) is -0.136. The minimum absolute atomic E-state index is 0.0275. The van der Waals surface area contributed by atoms with Crippen molar-refractivity contribution in [3.63, 3.8) is 0 Å². The lowest BCUT2D eigenvalue weighted by molar-refractivity contribution is -0.132. The summed E-state index contributed by atoms with van der Waals surface area (Å²) < 4.78 is 0. The van der Waals surface area contributed by atoms with Gasteiger partial charge in [-0.1, -0.05) is 5.16 Å². The van der Waals surface area contributed by atoms with Crippen LogP contribution in [0.15, 0.2) is 16.6 Å². The summed E-state index contributed by atoms with van der Waals surface area (Å²) in [5, 5.41) is 13.4. The molecule has 0 fully saturated rings. The van der Waals surface area contributed by atoms with Crippen LogP contribution in [0.3, 0.4) is 0 Å². The Balaban J connectivity index is 2.12. The normalized spacial score (nSPS) is 20.2. The van der Waals surface area contributed by atoms with Crippen LogP contribution in [-0.2, 0) is 11.2 Å². The maximum Gasteiger partial charge on any atom is 0.230 e. The van der Waals surface area contributed by atoms with Crippen LogP contribution in [0.4, 0.5) is 0 Å². The highest BCUT2D eigenvalue weighted by Gasteiger charge is 2.28. The fourth-order valence-electron chi connectivity index (χ4n) is 2.14. The molecule has 0 saturated carbocycles. The van der Waals surface area contributed by atoms with Crippen molar-refractivity contribution in [2.45, 2.75) is 25.8 Å². The van der Waals surface area contributed by atoms with Gasteiger partial charge in [0, 0.05) is 11.4 Å². The van der Waals surface area contributed by atoms with Crippen molar-refractivity contribution in [2.24, 2.45) is 10.9 Å². The predicted molar refractivity (Wildman–Crippen MR) is 66.2 cm³/mol. The summed E-state index contributed by atoms with van der Waals surface area (Å²) in [6.07, 6.45) is 0.861. The Hall–Kier alpha value is -1.56. The molecule has 1 atom stereocenters. The van der Waals surface area contributed by atoms with Crippen LogP contribution in [0, 0.1) is 0 Å². The molecule has 1 aromatic rings. The molecule has 0 spiro atoms. The molecule has 1 aliphatic heterocycles. The van der Waals surface area contributed by atoms with Gasteiger partial charge in [-0.05, 0) is 30.4 Å².